The van der Waals surface area contributed by atoms with E-state index in [1.54, 1.807) is 0 Å². The van der Waals surface area contributed by atoms with Crippen LogP contribution in [0.5, 0.6) is 0 Å². The standard InChI is InChI=1S/C11H19N2/c1-10(2)12-8-5-9-13(12)11-6-3-4-7-11/h5,8-11H,3-4,6-7H2,1-2H3/q+1. The second-order valence-corrected chi connectivity index (χ2v) is 4.28. The molecule has 1 aromatic heterocycles. The third kappa shape index (κ3) is 1.62. The summed E-state index contributed by atoms with van der Waals surface area (Å²) in [4.78, 5) is 0. The molecule has 1 heterocycles. The molecule has 0 aromatic carbocycles. The Morgan fingerprint density at radius 1 is 1.31 bits per heavy atom. The summed E-state index contributed by atoms with van der Waals surface area (Å²) in [6.07, 6.45) is 9.93. The second kappa shape index (κ2) is 3.52. The van der Waals surface area contributed by atoms with Crippen LogP contribution in [0.3, 0.4) is 0 Å². The Morgan fingerprint density at radius 3 is 2.62 bits per heavy atom. The average molecular weight is 179 g/mol. The number of hydrogen-bond donors (Lipinski definition) is 0. The van der Waals surface area contributed by atoms with Gasteiger partial charge in [-0.1, -0.05) is 12.8 Å². The van der Waals surface area contributed by atoms with Gasteiger partial charge in [-0.15, -0.1) is 4.68 Å². The number of nitrogens with zero attached hydrogens (tertiary/aromatic N) is 2. The highest BCUT2D eigenvalue weighted by atomic mass is 15.4. The summed E-state index contributed by atoms with van der Waals surface area (Å²) in [6.45, 7) is 4.48. The van der Waals surface area contributed by atoms with Crippen LogP contribution in [0, 0.1) is 0 Å². The van der Waals surface area contributed by atoms with Gasteiger partial charge in [0.25, 0.3) is 0 Å². The smallest absolute Gasteiger partial charge is 0.158 e. The summed E-state index contributed by atoms with van der Waals surface area (Å²) in [5, 5.41) is 0. The molecular formula is C11H19N2+. The van der Waals surface area contributed by atoms with Crippen molar-refractivity contribution in [3.05, 3.63) is 18.5 Å². The summed E-state index contributed by atoms with van der Waals surface area (Å²) in [5.74, 6) is 0. The maximum absolute atomic E-state index is 2.41. The van der Waals surface area contributed by atoms with E-state index >= 15 is 0 Å². The maximum Gasteiger partial charge on any atom is 0.195 e. The minimum Gasteiger partial charge on any atom is -0.158 e. The Balaban J connectivity index is 2.23. The Labute approximate surface area is 80.2 Å². The zero-order valence-electron chi connectivity index (χ0n) is 8.61. The second-order valence-electron chi connectivity index (χ2n) is 4.28. The van der Waals surface area contributed by atoms with Crippen molar-refractivity contribution in [2.24, 2.45) is 0 Å². The van der Waals surface area contributed by atoms with Crippen molar-refractivity contribution in [2.75, 3.05) is 0 Å². The first-order chi connectivity index (χ1) is 6.29. The largest absolute Gasteiger partial charge is 0.195 e. The van der Waals surface area contributed by atoms with Crippen LogP contribution < -0.4 is 4.68 Å². The molecule has 1 saturated carbocycles. The van der Waals surface area contributed by atoms with E-state index in [1.165, 1.54) is 25.7 Å². The van der Waals surface area contributed by atoms with Gasteiger partial charge in [-0.3, -0.25) is 0 Å². The van der Waals surface area contributed by atoms with Gasteiger partial charge in [-0.25, -0.2) is 0 Å². The molecule has 0 saturated heterocycles. The molecule has 0 aliphatic heterocycles. The fourth-order valence-corrected chi connectivity index (χ4v) is 2.29. The van der Waals surface area contributed by atoms with E-state index in [4.69, 9.17) is 0 Å². The van der Waals surface area contributed by atoms with E-state index in [2.05, 4.69) is 41.7 Å². The topological polar surface area (TPSA) is 8.81 Å². The molecular weight excluding hydrogens is 160 g/mol. The van der Waals surface area contributed by atoms with E-state index in [-0.39, 0.29) is 0 Å². The van der Waals surface area contributed by atoms with Crippen molar-refractivity contribution in [2.45, 2.75) is 51.6 Å². The molecule has 2 heteroatoms. The predicted octanol–water partition coefficient (Wildman–Crippen LogP) is 2.47. The lowest BCUT2D eigenvalue weighted by molar-refractivity contribution is -0.794. The summed E-state index contributed by atoms with van der Waals surface area (Å²) in [6, 6.07) is 3.49. The molecule has 0 unspecified atom stereocenters. The molecule has 1 aliphatic rings. The zero-order chi connectivity index (χ0) is 9.26. The summed E-state index contributed by atoms with van der Waals surface area (Å²) in [7, 11) is 0. The van der Waals surface area contributed by atoms with E-state index in [0.29, 0.717) is 6.04 Å². The van der Waals surface area contributed by atoms with Crippen molar-refractivity contribution < 1.29 is 4.68 Å². The van der Waals surface area contributed by atoms with Gasteiger partial charge >= 0.3 is 0 Å². The minimum atomic E-state index is 0.579. The monoisotopic (exact) mass is 179 g/mol. The summed E-state index contributed by atoms with van der Waals surface area (Å²) >= 11 is 0. The van der Waals surface area contributed by atoms with Crippen molar-refractivity contribution in [3.63, 3.8) is 0 Å². The first-order valence-electron chi connectivity index (χ1n) is 5.37. The molecule has 0 radical (unpaired) electrons. The average Bonchev–Trinajstić information content (AvgIpc) is 2.74. The Hall–Kier alpha value is -0.790. The predicted molar refractivity (Wildman–Crippen MR) is 52.5 cm³/mol. The van der Waals surface area contributed by atoms with Crippen LogP contribution in [-0.4, -0.2) is 4.68 Å². The molecule has 0 spiro atoms. The lowest BCUT2D eigenvalue weighted by atomic mass is 10.2. The fourth-order valence-electron chi connectivity index (χ4n) is 2.29. The van der Waals surface area contributed by atoms with E-state index in [9.17, 15) is 0 Å². The molecule has 0 atom stereocenters. The number of aromatic nitrogens is 2. The van der Waals surface area contributed by atoms with Gasteiger partial charge in [0.05, 0.1) is 12.2 Å². The molecule has 1 aliphatic carbocycles. The maximum atomic E-state index is 2.41. The summed E-state index contributed by atoms with van der Waals surface area (Å²) < 4.78 is 4.76. The number of rotatable bonds is 2. The first-order valence-corrected chi connectivity index (χ1v) is 5.37. The SMILES string of the molecule is CC(C)[n+]1cccn1C1CCCC1. The van der Waals surface area contributed by atoms with Gasteiger partial charge in [0, 0.05) is 6.07 Å². The third-order valence-electron chi connectivity index (χ3n) is 2.97. The van der Waals surface area contributed by atoms with Crippen molar-refractivity contribution in [3.8, 4) is 0 Å². The molecule has 1 aromatic rings. The molecule has 0 bridgehead atoms. The highest BCUT2D eigenvalue weighted by Gasteiger charge is 2.23. The molecule has 0 N–H and O–H groups in total. The van der Waals surface area contributed by atoms with Crippen LogP contribution >= 0.6 is 0 Å². The minimum absolute atomic E-state index is 0.579. The molecule has 2 rings (SSSR count). The van der Waals surface area contributed by atoms with Gasteiger partial charge in [-0.2, -0.15) is 4.68 Å². The summed E-state index contributed by atoms with van der Waals surface area (Å²) in [5.41, 5.74) is 0. The van der Waals surface area contributed by atoms with E-state index in [1.807, 2.05) is 0 Å². The quantitative estimate of drug-likeness (QED) is 0.617. The van der Waals surface area contributed by atoms with Crippen LogP contribution in [0.25, 0.3) is 0 Å². The van der Waals surface area contributed by atoms with Gasteiger partial charge < -0.3 is 0 Å². The molecule has 13 heavy (non-hydrogen) atoms. The Morgan fingerprint density at radius 2 is 2.00 bits per heavy atom. The van der Waals surface area contributed by atoms with Crippen molar-refractivity contribution in [1.82, 2.24) is 4.68 Å². The Kier molecular flexibility index (Phi) is 2.38. The van der Waals surface area contributed by atoms with Crippen LogP contribution in [-0.2, 0) is 0 Å². The molecule has 72 valence electrons. The van der Waals surface area contributed by atoms with Crippen LogP contribution in [0.4, 0.5) is 0 Å². The van der Waals surface area contributed by atoms with Crippen LogP contribution in [0.1, 0.15) is 51.6 Å². The lowest BCUT2D eigenvalue weighted by Crippen LogP contribution is -2.45. The molecule has 0 amide bonds. The fraction of sp³-hybridized carbons (Fsp3) is 0.727. The van der Waals surface area contributed by atoms with Crippen LogP contribution in [0.15, 0.2) is 18.5 Å². The van der Waals surface area contributed by atoms with Gasteiger partial charge in [0.2, 0.25) is 0 Å². The normalized spacial score (nSPS) is 18.7. The molecule has 1 fully saturated rings. The third-order valence-corrected chi connectivity index (χ3v) is 2.97. The van der Waals surface area contributed by atoms with Gasteiger partial charge in [-0.05, 0) is 26.7 Å². The zero-order valence-corrected chi connectivity index (χ0v) is 8.61. The van der Waals surface area contributed by atoms with Crippen molar-refractivity contribution in [1.29, 1.82) is 0 Å². The van der Waals surface area contributed by atoms with E-state index in [0.717, 1.165) is 6.04 Å². The van der Waals surface area contributed by atoms with E-state index < -0.39 is 0 Å². The molecule has 2 nitrogen and oxygen atoms in total. The van der Waals surface area contributed by atoms with Gasteiger partial charge in [0.1, 0.15) is 0 Å². The highest BCUT2D eigenvalue weighted by Crippen LogP contribution is 2.28. The Bertz CT molecular complexity index is 269. The van der Waals surface area contributed by atoms with Gasteiger partial charge in [0.15, 0.2) is 12.2 Å². The number of hydrogen-bond acceptors (Lipinski definition) is 0. The first kappa shape index (κ1) is 8.79. The van der Waals surface area contributed by atoms with Crippen LogP contribution in [0.2, 0.25) is 0 Å². The lowest BCUT2D eigenvalue weighted by Gasteiger charge is -2.11. The van der Waals surface area contributed by atoms with Crippen molar-refractivity contribution >= 4 is 0 Å². The highest BCUT2D eigenvalue weighted by molar-refractivity contribution is 4.79.